The standard InChI is InChI=1S/C21H28FN3O.HI/c1-4-23-21(24-14-19(26)12-17-8-6-5-7-9-17)25-16(3)18-11-10-15(2)20(22)13-18;/h5-11,13,16,19,26H,4,12,14H2,1-3H3,(H2,23,24,25);1H. The van der Waals surface area contributed by atoms with Crippen LogP contribution < -0.4 is 10.6 Å². The van der Waals surface area contributed by atoms with Crippen LogP contribution in [0.5, 0.6) is 0 Å². The molecule has 0 radical (unpaired) electrons. The summed E-state index contributed by atoms with van der Waals surface area (Å²) in [5.74, 6) is 0.393. The Morgan fingerprint density at radius 3 is 2.52 bits per heavy atom. The number of hydrogen-bond acceptors (Lipinski definition) is 2. The lowest BCUT2D eigenvalue weighted by Gasteiger charge is -2.19. The molecule has 0 amide bonds. The van der Waals surface area contributed by atoms with Crippen LogP contribution in [0.2, 0.25) is 0 Å². The number of nitrogens with one attached hydrogen (secondary N) is 2. The fourth-order valence-corrected chi connectivity index (χ4v) is 2.63. The first-order valence-corrected chi connectivity index (χ1v) is 9.02. The van der Waals surface area contributed by atoms with Crippen molar-refractivity contribution >= 4 is 29.9 Å². The van der Waals surface area contributed by atoms with Crippen molar-refractivity contribution in [2.75, 3.05) is 13.1 Å². The molecule has 2 aromatic carbocycles. The Kier molecular flexibility index (Phi) is 10.3. The number of hydrogen-bond donors (Lipinski definition) is 3. The zero-order chi connectivity index (χ0) is 18.9. The molecule has 0 aliphatic carbocycles. The molecule has 4 nitrogen and oxygen atoms in total. The molecule has 0 aliphatic heterocycles. The van der Waals surface area contributed by atoms with Gasteiger partial charge in [-0.3, -0.25) is 4.99 Å². The number of aliphatic hydroxyl groups excluding tert-OH is 1. The molecule has 6 heteroatoms. The lowest BCUT2D eigenvalue weighted by Crippen LogP contribution is -2.39. The largest absolute Gasteiger partial charge is 0.391 e. The fraction of sp³-hybridized carbons (Fsp3) is 0.381. The first-order chi connectivity index (χ1) is 12.5. The molecule has 0 aromatic heterocycles. The molecule has 0 bridgehead atoms. The monoisotopic (exact) mass is 485 g/mol. The van der Waals surface area contributed by atoms with E-state index in [1.165, 1.54) is 0 Å². The molecule has 2 atom stereocenters. The maximum absolute atomic E-state index is 13.8. The number of halogens is 2. The van der Waals surface area contributed by atoms with E-state index in [0.29, 0.717) is 31.0 Å². The van der Waals surface area contributed by atoms with Crippen molar-refractivity contribution < 1.29 is 9.50 Å². The van der Waals surface area contributed by atoms with E-state index >= 15 is 0 Å². The number of aliphatic imine (C=N–C) groups is 1. The van der Waals surface area contributed by atoms with Gasteiger partial charge in [-0.05, 0) is 43.5 Å². The Labute approximate surface area is 178 Å². The quantitative estimate of drug-likeness (QED) is 0.316. The fourth-order valence-electron chi connectivity index (χ4n) is 2.63. The lowest BCUT2D eigenvalue weighted by molar-refractivity contribution is 0.183. The molecule has 2 rings (SSSR count). The number of rotatable bonds is 7. The highest BCUT2D eigenvalue weighted by atomic mass is 127. The van der Waals surface area contributed by atoms with E-state index in [9.17, 15) is 9.50 Å². The van der Waals surface area contributed by atoms with Crippen LogP contribution in [0.4, 0.5) is 4.39 Å². The van der Waals surface area contributed by atoms with E-state index in [2.05, 4.69) is 15.6 Å². The molecular formula is C21H29FIN3O. The summed E-state index contributed by atoms with van der Waals surface area (Å²) in [5.41, 5.74) is 2.56. The highest BCUT2D eigenvalue weighted by Gasteiger charge is 2.11. The summed E-state index contributed by atoms with van der Waals surface area (Å²) in [5, 5.41) is 16.6. The number of aryl methyl sites for hydroxylation is 1. The highest BCUT2D eigenvalue weighted by Crippen LogP contribution is 2.16. The predicted octanol–water partition coefficient (Wildman–Crippen LogP) is 3.97. The van der Waals surface area contributed by atoms with Crippen LogP contribution in [-0.2, 0) is 6.42 Å². The molecule has 2 unspecified atom stereocenters. The molecule has 0 heterocycles. The van der Waals surface area contributed by atoms with Gasteiger partial charge in [-0.2, -0.15) is 0 Å². The minimum Gasteiger partial charge on any atom is -0.391 e. The minimum atomic E-state index is -0.556. The number of benzene rings is 2. The molecule has 0 fully saturated rings. The second-order valence-corrected chi connectivity index (χ2v) is 6.44. The van der Waals surface area contributed by atoms with Crippen molar-refractivity contribution in [1.29, 1.82) is 0 Å². The van der Waals surface area contributed by atoms with E-state index in [1.54, 1.807) is 19.1 Å². The molecule has 3 N–H and O–H groups in total. The van der Waals surface area contributed by atoms with Crippen LogP contribution in [0.3, 0.4) is 0 Å². The third kappa shape index (κ3) is 7.84. The second kappa shape index (κ2) is 11.9. The van der Waals surface area contributed by atoms with Crippen molar-refractivity contribution in [2.24, 2.45) is 4.99 Å². The van der Waals surface area contributed by atoms with Crippen LogP contribution in [0, 0.1) is 12.7 Å². The molecule has 0 aliphatic rings. The van der Waals surface area contributed by atoms with Crippen LogP contribution in [0.1, 0.15) is 36.6 Å². The summed E-state index contributed by atoms with van der Waals surface area (Å²) in [7, 11) is 0. The summed E-state index contributed by atoms with van der Waals surface area (Å²) in [6, 6.07) is 15.0. The van der Waals surface area contributed by atoms with E-state index < -0.39 is 6.10 Å². The number of nitrogens with zero attached hydrogens (tertiary/aromatic N) is 1. The van der Waals surface area contributed by atoms with Crippen molar-refractivity contribution in [3.63, 3.8) is 0 Å². The SMILES string of the molecule is CCNC(=NCC(O)Cc1ccccc1)NC(C)c1ccc(C)c(F)c1.I. The van der Waals surface area contributed by atoms with Crippen molar-refractivity contribution in [2.45, 2.75) is 39.3 Å². The Hall–Kier alpha value is -1.67. The first kappa shape index (κ1) is 23.4. The zero-order valence-corrected chi connectivity index (χ0v) is 18.4. The van der Waals surface area contributed by atoms with Gasteiger partial charge in [-0.15, -0.1) is 24.0 Å². The van der Waals surface area contributed by atoms with Crippen molar-refractivity contribution in [3.05, 3.63) is 71.0 Å². The zero-order valence-electron chi connectivity index (χ0n) is 16.1. The van der Waals surface area contributed by atoms with Gasteiger partial charge in [0.25, 0.3) is 0 Å². The average molecular weight is 485 g/mol. The maximum atomic E-state index is 13.8. The Morgan fingerprint density at radius 2 is 1.89 bits per heavy atom. The van der Waals surface area contributed by atoms with Gasteiger partial charge in [0.2, 0.25) is 0 Å². The molecule has 2 aromatic rings. The van der Waals surface area contributed by atoms with E-state index in [4.69, 9.17) is 0 Å². The van der Waals surface area contributed by atoms with Crippen LogP contribution in [0.25, 0.3) is 0 Å². The molecule has 148 valence electrons. The summed E-state index contributed by atoms with van der Waals surface area (Å²) in [6.07, 6.45) is 0.00244. The Balaban J connectivity index is 0.00000364. The van der Waals surface area contributed by atoms with Gasteiger partial charge in [0, 0.05) is 13.0 Å². The van der Waals surface area contributed by atoms with Gasteiger partial charge in [-0.1, -0.05) is 42.5 Å². The molecule has 0 spiro atoms. The van der Waals surface area contributed by atoms with Crippen molar-refractivity contribution in [3.8, 4) is 0 Å². The third-order valence-corrected chi connectivity index (χ3v) is 4.17. The Bertz CT molecular complexity index is 725. The molecular weight excluding hydrogens is 456 g/mol. The average Bonchev–Trinajstić information content (AvgIpc) is 2.63. The Morgan fingerprint density at radius 1 is 1.19 bits per heavy atom. The van der Waals surface area contributed by atoms with E-state index in [1.807, 2.05) is 50.2 Å². The van der Waals surface area contributed by atoms with E-state index in [-0.39, 0.29) is 35.8 Å². The summed E-state index contributed by atoms with van der Waals surface area (Å²) >= 11 is 0. The topological polar surface area (TPSA) is 56.7 Å². The third-order valence-electron chi connectivity index (χ3n) is 4.17. The van der Waals surface area contributed by atoms with Crippen LogP contribution >= 0.6 is 24.0 Å². The van der Waals surface area contributed by atoms with Gasteiger partial charge in [0.1, 0.15) is 5.82 Å². The molecule has 27 heavy (non-hydrogen) atoms. The van der Waals surface area contributed by atoms with Crippen molar-refractivity contribution in [1.82, 2.24) is 10.6 Å². The smallest absolute Gasteiger partial charge is 0.191 e. The second-order valence-electron chi connectivity index (χ2n) is 6.44. The lowest BCUT2D eigenvalue weighted by atomic mass is 10.1. The van der Waals surface area contributed by atoms with Gasteiger partial charge in [-0.25, -0.2) is 4.39 Å². The first-order valence-electron chi connectivity index (χ1n) is 9.02. The number of aliphatic hydroxyl groups is 1. The molecule has 0 saturated heterocycles. The summed E-state index contributed by atoms with van der Waals surface area (Å²) in [6.45, 7) is 6.68. The number of guanidine groups is 1. The van der Waals surface area contributed by atoms with Gasteiger partial charge in [0.05, 0.1) is 18.7 Å². The normalized spacial score (nSPS) is 13.4. The highest BCUT2D eigenvalue weighted by molar-refractivity contribution is 14.0. The summed E-state index contributed by atoms with van der Waals surface area (Å²) in [4.78, 5) is 4.47. The van der Waals surface area contributed by atoms with Crippen LogP contribution in [0.15, 0.2) is 53.5 Å². The predicted molar refractivity (Wildman–Crippen MR) is 120 cm³/mol. The van der Waals surface area contributed by atoms with Gasteiger partial charge in [0.15, 0.2) is 5.96 Å². The van der Waals surface area contributed by atoms with Crippen LogP contribution in [-0.4, -0.2) is 30.3 Å². The summed E-state index contributed by atoms with van der Waals surface area (Å²) < 4.78 is 13.8. The van der Waals surface area contributed by atoms with Gasteiger partial charge < -0.3 is 15.7 Å². The van der Waals surface area contributed by atoms with E-state index in [0.717, 1.165) is 11.1 Å². The maximum Gasteiger partial charge on any atom is 0.191 e. The minimum absolute atomic E-state index is 0. The van der Waals surface area contributed by atoms with Gasteiger partial charge >= 0.3 is 0 Å². The molecule has 0 saturated carbocycles.